The van der Waals surface area contributed by atoms with Crippen molar-refractivity contribution in [3.63, 3.8) is 0 Å². The van der Waals surface area contributed by atoms with Crippen LogP contribution in [-0.4, -0.2) is 49.7 Å². The topological polar surface area (TPSA) is 75.9 Å². The molecule has 1 N–H and O–H groups in total. The molecule has 0 saturated carbocycles. The molecule has 1 aliphatic heterocycles. The van der Waals surface area contributed by atoms with E-state index in [9.17, 15) is 4.79 Å². The normalized spacial score (nSPS) is 19.0. The van der Waals surface area contributed by atoms with Crippen LogP contribution in [0.4, 0.5) is 5.69 Å². The minimum atomic E-state index is 0.0108. The number of nitrogens with one attached hydrogen (secondary N) is 1. The van der Waals surface area contributed by atoms with Crippen molar-refractivity contribution in [3.8, 4) is 0 Å². The molecule has 1 unspecified atom stereocenters. The van der Waals surface area contributed by atoms with Crippen molar-refractivity contribution in [2.75, 3.05) is 18.4 Å². The van der Waals surface area contributed by atoms with Gasteiger partial charge in [0.2, 0.25) is 5.91 Å². The number of carbonyl (C=O) groups is 1. The largest absolute Gasteiger partial charge is 0.325 e. The lowest BCUT2D eigenvalue weighted by atomic mass is 10.0. The van der Waals surface area contributed by atoms with Crippen LogP contribution >= 0.6 is 0 Å². The Balaban J connectivity index is 1.57. The van der Waals surface area contributed by atoms with E-state index < -0.39 is 0 Å². The molecule has 7 nitrogen and oxygen atoms in total. The van der Waals surface area contributed by atoms with E-state index in [-0.39, 0.29) is 5.91 Å². The first kappa shape index (κ1) is 14.6. The van der Waals surface area contributed by atoms with Gasteiger partial charge >= 0.3 is 0 Å². The number of likely N-dealkylation sites (tertiary alicyclic amines) is 1. The second-order valence-electron chi connectivity index (χ2n) is 5.52. The predicted octanol–water partition coefficient (Wildman–Crippen LogP) is 1.17. The molecule has 0 aliphatic carbocycles. The third kappa shape index (κ3) is 3.88. The van der Waals surface area contributed by atoms with E-state index in [2.05, 4.69) is 25.3 Å². The smallest absolute Gasteiger partial charge is 0.238 e. The number of amides is 1. The number of piperidine rings is 1. The molecule has 3 rings (SSSR count). The first-order valence-electron chi connectivity index (χ1n) is 7.57. The van der Waals surface area contributed by atoms with Crippen LogP contribution in [-0.2, 0) is 11.3 Å². The average Bonchev–Trinajstić information content (AvgIpc) is 3.03. The number of carbonyl (C=O) groups excluding carboxylic acids is 1. The Morgan fingerprint density at radius 1 is 1.27 bits per heavy atom. The number of rotatable bonds is 5. The van der Waals surface area contributed by atoms with Gasteiger partial charge in [0.05, 0.1) is 13.1 Å². The molecule has 3 heterocycles. The Labute approximate surface area is 129 Å². The minimum Gasteiger partial charge on any atom is -0.325 e. The molecule has 0 spiro atoms. The maximum atomic E-state index is 12.2. The summed E-state index contributed by atoms with van der Waals surface area (Å²) in [4.78, 5) is 22.4. The van der Waals surface area contributed by atoms with E-state index >= 15 is 0 Å². The van der Waals surface area contributed by atoms with Gasteiger partial charge in [0.1, 0.15) is 12.7 Å². The molecule has 0 aromatic carbocycles. The zero-order valence-corrected chi connectivity index (χ0v) is 12.4. The molecule has 1 amide bonds. The summed E-state index contributed by atoms with van der Waals surface area (Å²) in [5.74, 6) is 0.0108. The molecule has 7 heteroatoms. The summed E-state index contributed by atoms with van der Waals surface area (Å²) in [6.07, 6.45) is 10.0. The molecule has 2 aromatic heterocycles. The second kappa shape index (κ2) is 7.13. The van der Waals surface area contributed by atoms with Gasteiger partial charge in [-0.25, -0.2) is 4.98 Å². The zero-order valence-electron chi connectivity index (χ0n) is 12.4. The lowest BCUT2D eigenvalue weighted by Crippen LogP contribution is -2.46. The molecular formula is C15H20N6O. The van der Waals surface area contributed by atoms with Gasteiger partial charge in [-0.15, -0.1) is 0 Å². The van der Waals surface area contributed by atoms with Crippen molar-refractivity contribution in [3.05, 3.63) is 37.2 Å². The van der Waals surface area contributed by atoms with Gasteiger partial charge in [-0.3, -0.25) is 19.4 Å². The summed E-state index contributed by atoms with van der Waals surface area (Å²) < 4.78 is 1.84. The average molecular weight is 300 g/mol. The molecule has 1 aliphatic rings. The molecule has 116 valence electrons. The van der Waals surface area contributed by atoms with Crippen LogP contribution in [0, 0.1) is 0 Å². The molecule has 1 saturated heterocycles. The molecule has 0 bridgehead atoms. The monoisotopic (exact) mass is 300 g/mol. The lowest BCUT2D eigenvalue weighted by molar-refractivity contribution is -0.118. The van der Waals surface area contributed by atoms with E-state index in [1.54, 1.807) is 37.2 Å². The third-order valence-electron chi connectivity index (χ3n) is 3.92. The van der Waals surface area contributed by atoms with E-state index in [4.69, 9.17) is 0 Å². The van der Waals surface area contributed by atoms with Gasteiger partial charge in [0, 0.05) is 24.1 Å². The number of pyridine rings is 1. The van der Waals surface area contributed by atoms with Gasteiger partial charge in [0.15, 0.2) is 0 Å². The standard InChI is InChI=1S/C15H20N6O/c22-15(19-13-4-6-16-7-5-13)10-20-8-2-1-3-14(20)9-21-12-17-11-18-21/h4-7,11-12,14H,1-3,8-10H2,(H,16,19,22). The molecule has 2 aromatic rings. The minimum absolute atomic E-state index is 0.0108. The van der Waals surface area contributed by atoms with Gasteiger partial charge in [0.25, 0.3) is 0 Å². The summed E-state index contributed by atoms with van der Waals surface area (Å²) in [5, 5.41) is 7.08. The maximum absolute atomic E-state index is 12.2. The summed E-state index contributed by atoms with van der Waals surface area (Å²) in [7, 11) is 0. The Hall–Kier alpha value is -2.28. The van der Waals surface area contributed by atoms with Crippen LogP contribution in [0.1, 0.15) is 19.3 Å². The van der Waals surface area contributed by atoms with Crippen molar-refractivity contribution in [1.82, 2.24) is 24.6 Å². The number of nitrogens with zero attached hydrogens (tertiary/aromatic N) is 5. The van der Waals surface area contributed by atoms with Crippen molar-refractivity contribution in [2.24, 2.45) is 0 Å². The SMILES string of the molecule is O=C(CN1CCCCC1Cn1cncn1)Nc1ccncc1. The van der Waals surface area contributed by atoms with Crippen LogP contribution in [0.2, 0.25) is 0 Å². The molecule has 22 heavy (non-hydrogen) atoms. The van der Waals surface area contributed by atoms with Crippen LogP contribution in [0.3, 0.4) is 0 Å². The first-order chi connectivity index (χ1) is 10.8. The number of hydrogen-bond acceptors (Lipinski definition) is 5. The van der Waals surface area contributed by atoms with Gasteiger partial charge in [-0.1, -0.05) is 6.42 Å². The van der Waals surface area contributed by atoms with E-state index in [1.165, 1.54) is 6.42 Å². The summed E-state index contributed by atoms with van der Waals surface area (Å²) in [6.45, 7) is 2.13. The van der Waals surface area contributed by atoms with Crippen LogP contribution in [0.5, 0.6) is 0 Å². The summed E-state index contributed by atoms with van der Waals surface area (Å²) in [6, 6.07) is 3.92. The zero-order chi connectivity index (χ0) is 15.2. The van der Waals surface area contributed by atoms with Crippen molar-refractivity contribution in [1.29, 1.82) is 0 Å². The highest BCUT2D eigenvalue weighted by Crippen LogP contribution is 2.18. The fraction of sp³-hybridized carbons (Fsp3) is 0.467. The summed E-state index contributed by atoms with van der Waals surface area (Å²) >= 11 is 0. The van der Waals surface area contributed by atoms with Crippen LogP contribution in [0.25, 0.3) is 0 Å². The summed E-state index contributed by atoms with van der Waals surface area (Å²) in [5.41, 5.74) is 0.782. The number of anilines is 1. The maximum Gasteiger partial charge on any atom is 0.238 e. The van der Waals surface area contributed by atoms with Crippen LogP contribution in [0.15, 0.2) is 37.2 Å². The van der Waals surface area contributed by atoms with Crippen molar-refractivity contribution >= 4 is 11.6 Å². The molecule has 1 atom stereocenters. The van der Waals surface area contributed by atoms with Gasteiger partial charge in [-0.05, 0) is 31.5 Å². The van der Waals surface area contributed by atoms with Crippen molar-refractivity contribution in [2.45, 2.75) is 31.8 Å². The molecular weight excluding hydrogens is 280 g/mol. The molecule has 1 fully saturated rings. The Bertz CT molecular complexity index is 585. The lowest BCUT2D eigenvalue weighted by Gasteiger charge is -2.34. The third-order valence-corrected chi connectivity index (χ3v) is 3.92. The number of hydrogen-bond donors (Lipinski definition) is 1. The second-order valence-corrected chi connectivity index (χ2v) is 5.52. The van der Waals surface area contributed by atoms with Crippen molar-refractivity contribution < 1.29 is 4.79 Å². The number of aromatic nitrogens is 4. The van der Waals surface area contributed by atoms with E-state index in [0.717, 1.165) is 31.6 Å². The quantitative estimate of drug-likeness (QED) is 0.897. The highest BCUT2D eigenvalue weighted by Gasteiger charge is 2.24. The molecule has 0 radical (unpaired) electrons. The Kier molecular flexibility index (Phi) is 4.75. The Morgan fingerprint density at radius 2 is 2.14 bits per heavy atom. The van der Waals surface area contributed by atoms with E-state index in [0.29, 0.717) is 12.6 Å². The van der Waals surface area contributed by atoms with E-state index in [1.807, 2.05) is 4.68 Å². The predicted molar refractivity (Wildman–Crippen MR) is 82.1 cm³/mol. The van der Waals surface area contributed by atoms with Gasteiger partial charge in [-0.2, -0.15) is 5.10 Å². The fourth-order valence-electron chi connectivity index (χ4n) is 2.84. The van der Waals surface area contributed by atoms with Crippen LogP contribution < -0.4 is 5.32 Å². The van der Waals surface area contributed by atoms with Gasteiger partial charge < -0.3 is 5.32 Å². The Morgan fingerprint density at radius 3 is 2.91 bits per heavy atom. The first-order valence-corrected chi connectivity index (χ1v) is 7.57. The highest BCUT2D eigenvalue weighted by molar-refractivity contribution is 5.92. The highest BCUT2D eigenvalue weighted by atomic mass is 16.2. The fourth-order valence-corrected chi connectivity index (χ4v) is 2.84.